The molecule has 116 valence electrons. The molecule has 0 bridgehead atoms. The lowest BCUT2D eigenvalue weighted by Gasteiger charge is -2.26. The largest absolute Gasteiger partial charge is 0.321 e. The molecule has 0 aliphatic carbocycles. The summed E-state index contributed by atoms with van der Waals surface area (Å²) in [4.78, 5) is 14.1. The summed E-state index contributed by atoms with van der Waals surface area (Å²) in [6.07, 6.45) is 1.07. The van der Waals surface area contributed by atoms with E-state index >= 15 is 0 Å². The zero-order chi connectivity index (χ0) is 15.6. The number of carbonyl (C=O) groups excluding carboxylic acids is 1. The highest BCUT2D eigenvalue weighted by Crippen LogP contribution is 2.29. The van der Waals surface area contributed by atoms with Gasteiger partial charge in [-0.3, -0.25) is 10.1 Å². The second-order valence-electron chi connectivity index (χ2n) is 5.96. The van der Waals surface area contributed by atoms with Crippen molar-refractivity contribution in [1.29, 1.82) is 0 Å². The first-order chi connectivity index (χ1) is 9.93. The molecular formula is C16H22F2N2O. The second kappa shape index (κ2) is 6.52. The van der Waals surface area contributed by atoms with Crippen LogP contribution in [0.4, 0.5) is 8.78 Å². The number of amides is 1. The fourth-order valence-electron chi connectivity index (χ4n) is 2.74. The Hall–Kier alpha value is -1.49. The summed E-state index contributed by atoms with van der Waals surface area (Å²) >= 11 is 0. The van der Waals surface area contributed by atoms with Crippen LogP contribution < -0.4 is 5.32 Å². The minimum Gasteiger partial charge on any atom is -0.321 e. The van der Waals surface area contributed by atoms with Crippen molar-refractivity contribution in [2.24, 2.45) is 5.92 Å². The van der Waals surface area contributed by atoms with Crippen molar-refractivity contribution in [3.8, 4) is 0 Å². The van der Waals surface area contributed by atoms with Gasteiger partial charge in [0.2, 0.25) is 5.91 Å². The van der Waals surface area contributed by atoms with E-state index in [1.807, 2.05) is 20.8 Å². The van der Waals surface area contributed by atoms with E-state index in [0.29, 0.717) is 18.5 Å². The van der Waals surface area contributed by atoms with Crippen LogP contribution in [0, 0.1) is 17.6 Å². The third-order valence-electron chi connectivity index (χ3n) is 3.65. The molecule has 1 aromatic carbocycles. The third kappa shape index (κ3) is 3.40. The highest BCUT2D eigenvalue weighted by Gasteiger charge is 2.40. The normalized spacial score (nSPS) is 22.4. The Bertz CT molecular complexity index is 519. The number of hydrogen-bond acceptors (Lipinski definition) is 2. The summed E-state index contributed by atoms with van der Waals surface area (Å²) in [6.45, 7) is 6.58. The van der Waals surface area contributed by atoms with Crippen LogP contribution in [0.1, 0.15) is 45.3 Å². The van der Waals surface area contributed by atoms with Crippen LogP contribution in [0.25, 0.3) is 0 Å². The van der Waals surface area contributed by atoms with E-state index < -0.39 is 17.8 Å². The Kier molecular flexibility index (Phi) is 4.93. The molecule has 1 N–H and O–H groups in total. The summed E-state index contributed by atoms with van der Waals surface area (Å²) in [5.41, 5.74) is 0.323. The average molecular weight is 296 g/mol. The van der Waals surface area contributed by atoms with Gasteiger partial charge in [0, 0.05) is 18.2 Å². The van der Waals surface area contributed by atoms with Crippen LogP contribution in [0.2, 0.25) is 0 Å². The SMILES string of the molecule is CCCC1NC(c2ccc(F)cc2F)N(CC(C)C)C1=O. The molecule has 1 heterocycles. The van der Waals surface area contributed by atoms with E-state index in [1.54, 1.807) is 4.90 Å². The predicted octanol–water partition coefficient (Wildman–Crippen LogP) is 3.22. The maximum absolute atomic E-state index is 14.0. The molecule has 0 saturated carbocycles. The highest BCUT2D eigenvalue weighted by molar-refractivity contribution is 5.84. The summed E-state index contributed by atoms with van der Waals surface area (Å²) in [7, 11) is 0. The van der Waals surface area contributed by atoms with Crippen LogP contribution in [0.15, 0.2) is 18.2 Å². The van der Waals surface area contributed by atoms with Gasteiger partial charge in [-0.05, 0) is 24.5 Å². The summed E-state index contributed by atoms with van der Waals surface area (Å²) in [5.74, 6) is -0.950. The van der Waals surface area contributed by atoms with E-state index in [9.17, 15) is 13.6 Å². The maximum atomic E-state index is 14.0. The first kappa shape index (κ1) is 15.9. The van der Waals surface area contributed by atoms with Crippen LogP contribution in [0.5, 0.6) is 0 Å². The Morgan fingerprint density at radius 3 is 2.62 bits per heavy atom. The molecule has 1 amide bonds. The number of hydrogen-bond donors (Lipinski definition) is 1. The Balaban J connectivity index is 2.31. The topological polar surface area (TPSA) is 32.3 Å². The van der Waals surface area contributed by atoms with Crippen molar-refractivity contribution < 1.29 is 13.6 Å². The van der Waals surface area contributed by atoms with Gasteiger partial charge in [-0.15, -0.1) is 0 Å². The van der Waals surface area contributed by atoms with Crippen molar-refractivity contribution >= 4 is 5.91 Å². The van der Waals surface area contributed by atoms with Gasteiger partial charge in [0.1, 0.15) is 17.8 Å². The number of carbonyl (C=O) groups is 1. The van der Waals surface area contributed by atoms with E-state index in [-0.39, 0.29) is 17.9 Å². The van der Waals surface area contributed by atoms with E-state index in [4.69, 9.17) is 0 Å². The van der Waals surface area contributed by atoms with Crippen molar-refractivity contribution in [3.63, 3.8) is 0 Å². The Labute approximate surface area is 124 Å². The zero-order valence-electron chi connectivity index (χ0n) is 12.7. The molecule has 5 heteroatoms. The summed E-state index contributed by atoms with van der Waals surface area (Å²) in [6, 6.07) is 3.22. The predicted molar refractivity (Wildman–Crippen MR) is 77.5 cm³/mol. The van der Waals surface area contributed by atoms with Crippen LogP contribution in [-0.4, -0.2) is 23.4 Å². The highest BCUT2D eigenvalue weighted by atomic mass is 19.1. The molecule has 1 aliphatic heterocycles. The average Bonchev–Trinajstić information content (AvgIpc) is 2.68. The molecule has 21 heavy (non-hydrogen) atoms. The molecule has 2 atom stereocenters. The lowest BCUT2D eigenvalue weighted by atomic mass is 10.1. The Morgan fingerprint density at radius 1 is 1.33 bits per heavy atom. The minimum absolute atomic E-state index is 0.000671. The molecule has 0 radical (unpaired) electrons. The minimum atomic E-state index is -0.619. The molecule has 3 nitrogen and oxygen atoms in total. The van der Waals surface area contributed by atoms with Gasteiger partial charge in [-0.25, -0.2) is 8.78 Å². The molecule has 1 saturated heterocycles. The molecule has 2 rings (SSSR count). The van der Waals surface area contributed by atoms with Gasteiger partial charge in [0.05, 0.1) is 6.04 Å². The van der Waals surface area contributed by atoms with Gasteiger partial charge in [0.15, 0.2) is 0 Å². The van der Waals surface area contributed by atoms with Crippen LogP contribution >= 0.6 is 0 Å². The number of benzene rings is 1. The van der Waals surface area contributed by atoms with E-state index in [1.165, 1.54) is 12.1 Å². The van der Waals surface area contributed by atoms with Gasteiger partial charge < -0.3 is 4.90 Å². The smallest absolute Gasteiger partial charge is 0.241 e. The number of halogens is 2. The van der Waals surface area contributed by atoms with Gasteiger partial charge in [0.25, 0.3) is 0 Å². The van der Waals surface area contributed by atoms with Crippen molar-refractivity contribution in [2.75, 3.05) is 6.54 Å². The molecule has 1 fully saturated rings. The summed E-state index contributed by atoms with van der Waals surface area (Å²) in [5, 5.41) is 3.19. The molecule has 1 aromatic rings. The number of rotatable bonds is 5. The van der Waals surface area contributed by atoms with Gasteiger partial charge in [-0.1, -0.05) is 27.2 Å². The van der Waals surface area contributed by atoms with Crippen molar-refractivity contribution in [3.05, 3.63) is 35.4 Å². The van der Waals surface area contributed by atoms with Crippen LogP contribution in [0.3, 0.4) is 0 Å². The first-order valence-electron chi connectivity index (χ1n) is 7.45. The van der Waals surface area contributed by atoms with Gasteiger partial charge >= 0.3 is 0 Å². The quantitative estimate of drug-likeness (QED) is 0.905. The maximum Gasteiger partial charge on any atom is 0.241 e. The second-order valence-corrected chi connectivity index (χ2v) is 5.96. The monoisotopic (exact) mass is 296 g/mol. The molecule has 0 spiro atoms. The van der Waals surface area contributed by atoms with Crippen molar-refractivity contribution in [1.82, 2.24) is 10.2 Å². The fraction of sp³-hybridized carbons (Fsp3) is 0.562. The molecular weight excluding hydrogens is 274 g/mol. The Morgan fingerprint density at radius 2 is 2.05 bits per heavy atom. The standard InChI is InChI=1S/C16H22F2N2O/c1-4-5-14-16(21)20(9-10(2)3)15(19-14)12-7-6-11(17)8-13(12)18/h6-8,10,14-15,19H,4-5,9H2,1-3H3. The van der Waals surface area contributed by atoms with E-state index in [2.05, 4.69) is 5.32 Å². The molecule has 0 aromatic heterocycles. The third-order valence-corrected chi connectivity index (χ3v) is 3.65. The first-order valence-corrected chi connectivity index (χ1v) is 7.45. The van der Waals surface area contributed by atoms with Crippen LogP contribution in [-0.2, 0) is 4.79 Å². The lowest BCUT2D eigenvalue weighted by Crippen LogP contribution is -2.34. The zero-order valence-corrected chi connectivity index (χ0v) is 12.7. The molecule has 2 unspecified atom stereocenters. The molecule has 1 aliphatic rings. The lowest BCUT2D eigenvalue weighted by molar-refractivity contribution is -0.130. The number of nitrogens with one attached hydrogen (secondary N) is 1. The van der Waals surface area contributed by atoms with E-state index in [0.717, 1.165) is 12.5 Å². The number of nitrogens with zero attached hydrogens (tertiary/aromatic N) is 1. The van der Waals surface area contributed by atoms with Gasteiger partial charge in [-0.2, -0.15) is 0 Å². The fourth-order valence-corrected chi connectivity index (χ4v) is 2.74. The summed E-state index contributed by atoms with van der Waals surface area (Å²) < 4.78 is 27.1. The van der Waals surface area contributed by atoms with Crippen molar-refractivity contribution in [2.45, 2.75) is 45.8 Å².